The normalized spacial score (nSPS) is 19.7. The van der Waals surface area contributed by atoms with E-state index in [4.69, 9.17) is 14.2 Å². The minimum Gasteiger partial charge on any atom is -0.447 e. The molecule has 0 heterocycles. The van der Waals surface area contributed by atoms with Crippen LogP contribution in [0.25, 0.3) is 0 Å². The molecule has 0 saturated heterocycles. The molecule has 104 valence electrons. The zero-order valence-electron chi connectivity index (χ0n) is 11.4. The molecule has 0 aromatic rings. The second kappa shape index (κ2) is 8.36. The van der Waals surface area contributed by atoms with Gasteiger partial charge >= 0.3 is 0 Å². The molecule has 1 N–H and O–H groups in total. The van der Waals surface area contributed by atoms with E-state index in [2.05, 4.69) is 12.0 Å². The molecule has 1 atom stereocenters. The highest BCUT2D eigenvalue weighted by molar-refractivity contribution is 5.08. The second-order valence-electron chi connectivity index (χ2n) is 4.76. The van der Waals surface area contributed by atoms with Gasteiger partial charge in [-0.1, -0.05) is 19.3 Å². The minimum atomic E-state index is -0.693. The zero-order valence-corrected chi connectivity index (χ0v) is 11.4. The fourth-order valence-electron chi connectivity index (χ4n) is 2.40. The Balaban J connectivity index is 2.61. The molecule has 18 heavy (non-hydrogen) atoms. The Hall–Kier alpha value is -0.760. The molecule has 0 spiro atoms. The summed E-state index contributed by atoms with van der Waals surface area (Å²) in [7, 11) is 1.60. The average molecular weight is 256 g/mol. The van der Waals surface area contributed by atoms with Crippen LogP contribution in [0.15, 0.2) is 0 Å². The van der Waals surface area contributed by atoms with Crippen molar-refractivity contribution in [2.24, 2.45) is 5.41 Å². The van der Waals surface area contributed by atoms with Crippen molar-refractivity contribution in [2.45, 2.75) is 45.1 Å². The highest BCUT2D eigenvalue weighted by Gasteiger charge is 2.38. The van der Waals surface area contributed by atoms with Gasteiger partial charge in [0.25, 0.3) is 0 Å². The molecule has 0 aromatic heterocycles. The number of ether oxygens (including phenoxy) is 3. The Kier molecular flexibility index (Phi) is 7.11. The maximum atomic E-state index is 10.3. The second-order valence-corrected chi connectivity index (χ2v) is 4.76. The SMILES string of the molecule is CCOC#CC(O)C1(COCOC)CCCCC1. The first-order valence-corrected chi connectivity index (χ1v) is 6.62. The van der Waals surface area contributed by atoms with E-state index in [-0.39, 0.29) is 12.2 Å². The number of hydrogen-bond acceptors (Lipinski definition) is 4. The van der Waals surface area contributed by atoms with Gasteiger partial charge in [0.15, 0.2) is 0 Å². The van der Waals surface area contributed by atoms with Crippen LogP contribution in [-0.4, -0.2) is 38.3 Å². The van der Waals surface area contributed by atoms with Gasteiger partial charge in [-0.25, -0.2) is 0 Å². The molecule has 4 nitrogen and oxygen atoms in total. The maximum Gasteiger partial charge on any atom is 0.146 e. The highest BCUT2D eigenvalue weighted by atomic mass is 16.7. The quantitative estimate of drug-likeness (QED) is 0.448. The third kappa shape index (κ3) is 4.49. The zero-order chi connectivity index (χ0) is 13.3. The van der Waals surface area contributed by atoms with E-state index in [0.29, 0.717) is 13.2 Å². The van der Waals surface area contributed by atoms with Crippen molar-refractivity contribution < 1.29 is 19.3 Å². The summed E-state index contributed by atoms with van der Waals surface area (Å²) < 4.78 is 15.3. The summed E-state index contributed by atoms with van der Waals surface area (Å²) in [6.45, 7) is 3.15. The molecule has 0 radical (unpaired) electrons. The average Bonchev–Trinajstić information content (AvgIpc) is 2.40. The number of aliphatic hydroxyl groups excluding tert-OH is 1. The lowest BCUT2D eigenvalue weighted by molar-refractivity contribution is -0.0983. The fraction of sp³-hybridized carbons (Fsp3) is 0.857. The molecule has 0 aliphatic heterocycles. The lowest BCUT2D eigenvalue weighted by Crippen LogP contribution is -2.40. The lowest BCUT2D eigenvalue weighted by Gasteiger charge is -2.38. The third-order valence-electron chi connectivity index (χ3n) is 3.43. The first kappa shape index (κ1) is 15.3. The Morgan fingerprint density at radius 3 is 2.61 bits per heavy atom. The largest absolute Gasteiger partial charge is 0.447 e. The number of rotatable bonds is 6. The Morgan fingerprint density at radius 2 is 2.00 bits per heavy atom. The molecular formula is C14H24O4. The lowest BCUT2D eigenvalue weighted by atomic mass is 9.71. The van der Waals surface area contributed by atoms with Crippen LogP contribution in [0.3, 0.4) is 0 Å². The predicted octanol–water partition coefficient (Wildman–Crippen LogP) is 1.92. The summed E-state index contributed by atoms with van der Waals surface area (Å²) in [4.78, 5) is 0. The molecule has 1 unspecified atom stereocenters. The van der Waals surface area contributed by atoms with Gasteiger partial charge in [0.2, 0.25) is 0 Å². The van der Waals surface area contributed by atoms with Crippen molar-refractivity contribution in [1.29, 1.82) is 0 Å². The van der Waals surface area contributed by atoms with Crippen LogP contribution in [-0.2, 0) is 14.2 Å². The number of methoxy groups -OCH3 is 1. The minimum absolute atomic E-state index is 0.257. The van der Waals surface area contributed by atoms with Crippen LogP contribution >= 0.6 is 0 Å². The molecule has 1 aliphatic carbocycles. The van der Waals surface area contributed by atoms with Crippen LogP contribution in [0, 0.1) is 17.4 Å². The van der Waals surface area contributed by atoms with Crippen molar-refractivity contribution in [3.63, 3.8) is 0 Å². The molecule has 4 heteroatoms. The summed E-state index contributed by atoms with van der Waals surface area (Å²) in [6.07, 6.45) is 7.20. The summed E-state index contributed by atoms with van der Waals surface area (Å²) in [6, 6.07) is 0. The van der Waals surface area contributed by atoms with E-state index in [1.165, 1.54) is 6.42 Å². The van der Waals surface area contributed by atoms with Crippen molar-refractivity contribution in [3.05, 3.63) is 0 Å². The Labute approximate surface area is 110 Å². The molecule has 1 saturated carbocycles. The number of aliphatic hydroxyl groups is 1. The van der Waals surface area contributed by atoms with E-state index in [1.54, 1.807) is 7.11 Å². The maximum absolute atomic E-state index is 10.3. The van der Waals surface area contributed by atoms with Gasteiger partial charge in [0.1, 0.15) is 19.0 Å². The summed E-state index contributed by atoms with van der Waals surface area (Å²) >= 11 is 0. The Bertz CT molecular complexity index is 273. The van der Waals surface area contributed by atoms with Crippen LogP contribution in [0.5, 0.6) is 0 Å². The first-order valence-electron chi connectivity index (χ1n) is 6.62. The molecule has 0 aromatic carbocycles. The van der Waals surface area contributed by atoms with Gasteiger partial charge in [-0.15, -0.1) is 0 Å². The van der Waals surface area contributed by atoms with E-state index >= 15 is 0 Å². The molecule has 0 amide bonds. The van der Waals surface area contributed by atoms with Gasteiger partial charge in [-0.05, 0) is 25.7 Å². The standard InChI is InChI=1S/C14H24O4/c1-3-17-10-7-13(15)14(11-18-12-16-2)8-5-4-6-9-14/h13,15H,3-6,8-9,11-12H2,1-2H3. The van der Waals surface area contributed by atoms with Crippen molar-refractivity contribution >= 4 is 0 Å². The van der Waals surface area contributed by atoms with Crippen LogP contribution < -0.4 is 0 Å². The van der Waals surface area contributed by atoms with Gasteiger partial charge in [-0.2, -0.15) is 0 Å². The van der Waals surface area contributed by atoms with Crippen LogP contribution in [0.4, 0.5) is 0 Å². The van der Waals surface area contributed by atoms with Gasteiger partial charge < -0.3 is 19.3 Å². The van der Waals surface area contributed by atoms with Crippen molar-refractivity contribution in [2.75, 3.05) is 27.1 Å². The Morgan fingerprint density at radius 1 is 1.28 bits per heavy atom. The van der Waals surface area contributed by atoms with Crippen molar-refractivity contribution in [3.8, 4) is 12.0 Å². The topological polar surface area (TPSA) is 47.9 Å². The third-order valence-corrected chi connectivity index (χ3v) is 3.43. The molecule has 0 bridgehead atoms. The van der Waals surface area contributed by atoms with Crippen molar-refractivity contribution in [1.82, 2.24) is 0 Å². The number of hydrogen-bond donors (Lipinski definition) is 1. The van der Waals surface area contributed by atoms with Crippen LogP contribution in [0.2, 0.25) is 0 Å². The van der Waals surface area contributed by atoms with Gasteiger partial charge in [-0.3, -0.25) is 0 Å². The van der Waals surface area contributed by atoms with E-state index in [0.717, 1.165) is 25.7 Å². The smallest absolute Gasteiger partial charge is 0.146 e. The fourth-order valence-corrected chi connectivity index (χ4v) is 2.40. The molecule has 1 aliphatic rings. The first-order chi connectivity index (χ1) is 8.75. The van der Waals surface area contributed by atoms with E-state index in [1.807, 2.05) is 6.92 Å². The monoisotopic (exact) mass is 256 g/mol. The molecular weight excluding hydrogens is 232 g/mol. The summed E-state index contributed by atoms with van der Waals surface area (Å²) in [5.41, 5.74) is -0.263. The van der Waals surface area contributed by atoms with Gasteiger partial charge in [0.05, 0.1) is 13.2 Å². The summed E-state index contributed by atoms with van der Waals surface area (Å²) in [5, 5.41) is 10.3. The predicted molar refractivity (Wildman–Crippen MR) is 68.8 cm³/mol. The highest BCUT2D eigenvalue weighted by Crippen LogP contribution is 2.39. The van der Waals surface area contributed by atoms with E-state index < -0.39 is 6.10 Å². The molecule has 1 rings (SSSR count). The van der Waals surface area contributed by atoms with Gasteiger partial charge in [0, 0.05) is 12.5 Å². The summed E-state index contributed by atoms with van der Waals surface area (Å²) in [5.74, 6) is 2.78. The molecule has 1 fully saturated rings. The van der Waals surface area contributed by atoms with Crippen LogP contribution in [0.1, 0.15) is 39.0 Å². The van der Waals surface area contributed by atoms with E-state index in [9.17, 15) is 5.11 Å².